The van der Waals surface area contributed by atoms with Crippen molar-refractivity contribution < 1.29 is 9.53 Å². The number of hydrogen-bond donors (Lipinski definition) is 0. The first-order valence-electron chi connectivity index (χ1n) is 10.9. The number of hydrogen-bond acceptors (Lipinski definition) is 4. The first-order chi connectivity index (χ1) is 13.2. The van der Waals surface area contributed by atoms with Crippen LogP contribution in [0.5, 0.6) is 0 Å². The molecular weight excluding hydrogens is 352 g/mol. The second-order valence-corrected chi connectivity index (χ2v) is 9.63. The van der Waals surface area contributed by atoms with Gasteiger partial charge in [-0.3, -0.25) is 9.58 Å². The molecule has 0 radical (unpaired) electrons. The minimum atomic E-state index is -0.424. The van der Waals surface area contributed by atoms with E-state index in [4.69, 9.17) is 4.74 Å². The molecule has 1 aromatic rings. The molecule has 0 unspecified atom stereocenters. The zero-order chi connectivity index (χ0) is 20.5. The lowest BCUT2D eigenvalue weighted by atomic mass is 9.94. The molecule has 2 aliphatic rings. The lowest BCUT2D eigenvalue weighted by Crippen LogP contribution is -2.43. The molecule has 1 aromatic heterocycles. The fraction of sp³-hybridized carbons (Fsp3) is 0.818. The Balaban J connectivity index is 1.56. The molecule has 2 fully saturated rings. The lowest BCUT2D eigenvalue weighted by molar-refractivity contribution is 0.0155. The van der Waals surface area contributed by atoms with Gasteiger partial charge in [0.15, 0.2) is 0 Å². The molecule has 2 saturated heterocycles. The monoisotopic (exact) mass is 390 g/mol. The zero-order valence-electron chi connectivity index (χ0n) is 18.6. The Hall–Kier alpha value is -1.56. The van der Waals surface area contributed by atoms with Gasteiger partial charge in [-0.2, -0.15) is 5.10 Å². The summed E-state index contributed by atoms with van der Waals surface area (Å²) in [6.45, 7) is 14.0. The van der Waals surface area contributed by atoms with Crippen LogP contribution in [0, 0.1) is 19.8 Å². The Kier molecular flexibility index (Phi) is 6.37. The smallest absolute Gasteiger partial charge is 0.410 e. The van der Waals surface area contributed by atoms with E-state index in [2.05, 4.69) is 23.8 Å². The summed E-state index contributed by atoms with van der Waals surface area (Å²) in [6.07, 6.45) is 5.76. The molecule has 1 amide bonds. The van der Waals surface area contributed by atoms with Crippen molar-refractivity contribution in [1.82, 2.24) is 19.6 Å². The van der Waals surface area contributed by atoms with Crippen LogP contribution in [0.25, 0.3) is 0 Å². The molecule has 2 aliphatic heterocycles. The molecule has 2 atom stereocenters. The highest BCUT2D eigenvalue weighted by Crippen LogP contribution is 2.36. The third-order valence-corrected chi connectivity index (χ3v) is 6.26. The molecule has 6 heteroatoms. The van der Waals surface area contributed by atoms with Gasteiger partial charge in [0, 0.05) is 37.4 Å². The van der Waals surface area contributed by atoms with E-state index in [9.17, 15) is 4.79 Å². The van der Waals surface area contributed by atoms with E-state index in [1.165, 1.54) is 42.8 Å². The summed E-state index contributed by atoms with van der Waals surface area (Å²) in [6, 6.07) is 0.499. The van der Waals surface area contributed by atoms with E-state index in [0.717, 1.165) is 32.5 Å². The van der Waals surface area contributed by atoms with Crippen LogP contribution in [-0.2, 0) is 11.8 Å². The highest BCUT2D eigenvalue weighted by Gasteiger charge is 2.32. The number of ether oxygens (including phenoxy) is 1. The van der Waals surface area contributed by atoms with E-state index >= 15 is 0 Å². The third-order valence-electron chi connectivity index (χ3n) is 6.26. The number of likely N-dealkylation sites (tertiary alicyclic amines) is 2. The number of aromatic nitrogens is 2. The molecule has 6 nitrogen and oxygen atoms in total. The highest BCUT2D eigenvalue weighted by molar-refractivity contribution is 5.68. The maximum atomic E-state index is 12.4. The summed E-state index contributed by atoms with van der Waals surface area (Å²) >= 11 is 0. The number of piperidine rings is 1. The Labute approximate surface area is 170 Å². The minimum absolute atomic E-state index is 0.155. The Morgan fingerprint density at radius 3 is 2.54 bits per heavy atom. The van der Waals surface area contributed by atoms with Crippen LogP contribution >= 0.6 is 0 Å². The molecule has 3 rings (SSSR count). The van der Waals surface area contributed by atoms with Gasteiger partial charge in [-0.05, 0) is 85.7 Å². The van der Waals surface area contributed by atoms with E-state index < -0.39 is 5.60 Å². The number of carbonyl (C=O) groups is 1. The van der Waals surface area contributed by atoms with Gasteiger partial charge < -0.3 is 9.64 Å². The fourth-order valence-corrected chi connectivity index (χ4v) is 4.83. The Morgan fingerprint density at radius 2 is 1.89 bits per heavy atom. The van der Waals surface area contributed by atoms with Crippen LogP contribution < -0.4 is 0 Å². The summed E-state index contributed by atoms with van der Waals surface area (Å²) < 4.78 is 7.59. The first kappa shape index (κ1) is 21.2. The zero-order valence-corrected chi connectivity index (χ0v) is 18.6. The minimum Gasteiger partial charge on any atom is -0.444 e. The van der Waals surface area contributed by atoms with Gasteiger partial charge in [-0.25, -0.2) is 4.79 Å². The fourth-order valence-electron chi connectivity index (χ4n) is 4.83. The molecule has 0 bridgehead atoms. The molecule has 0 aromatic carbocycles. The van der Waals surface area contributed by atoms with Gasteiger partial charge in [0.2, 0.25) is 0 Å². The maximum Gasteiger partial charge on any atom is 0.410 e. The average Bonchev–Trinajstić information content (AvgIpc) is 3.16. The van der Waals surface area contributed by atoms with E-state index in [0.29, 0.717) is 12.0 Å². The molecule has 0 spiro atoms. The van der Waals surface area contributed by atoms with Gasteiger partial charge in [0.05, 0.1) is 5.69 Å². The quantitative estimate of drug-likeness (QED) is 0.773. The van der Waals surface area contributed by atoms with E-state index in [-0.39, 0.29) is 6.09 Å². The molecule has 0 aliphatic carbocycles. The van der Waals surface area contributed by atoms with Crippen LogP contribution in [0.1, 0.15) is 75.9 Å². The SMILES string of the molecule is Cc1nn(C)c(C)c1[C@@H]1CCCN1CC[C@H]1CCCN(C(=O)OC(C)(C)C)C1. The second kappa shape index (κ2) is 8.44. The molecular formula is C22H38N4O2. The van der Waals surface area contributed by atoms with E-state index in [1.54, 1.807) is 0 Å². The van der Waals surface area contributed by atoms with E-state index in [1.807, 2.05) is 37.4 Å². The normalized spacial score (nSPS) is 24.0. The van der Waals surface area contributed by atoms with Crippen molar-refractivity contribution in [2.45, 2.75) is 78.4 Å². The van der Waals surface area contributed by atoms with Gasteiger partial charge in [0.25, 0.3) is 0 Å². The molecule has 0 N–H and O–H groups in total. The first-order valence-corrected chi connectivity index (χ1v) is 10.9. The van der Waals surface area contributed by atoms with Gasteiger partial charge in [0.1, 0.15) is 5.60 Å². The molecule has 3 heterocycles. The van der Waals surface area contributed by atoms with Crippen molar-refractivity contribution >= 4 is 6.09 Å². The highest BCUT2D eigenvalue weighted by atomic mass is 16.6. The number of amides is 1. The van der Waals surface area contributed by atoms with Crippen molar-refractivity contribution in [3.05, 3.63) is 17.0 Å². The summed E-state index contributed by atoms with van der Waals surface area (Å²) in [5.41, 5.74) is 3.47. The number of rotatable bonds is 4. The summed E-state index contributed by atoms with van der Waals surface area (Å²) in [7, 11) is 2.04. The number of carbonyl (C=O) groups excluding carboxylic acids is 1. The van der Waals surface area contributed by atoms with Crippen molar-refractivity contribution in [2.24, 2.45) is 13.0 Å². The lowest BCUT2D eigenvalue weighted by Gasteiger charge is -2.35. The van der Waals surface area contributed by atoms with Crippen LogP contribution in [0.4, 0.5) is 4.79 Å². The number of nitrogens with zero attached hydrogens (tertiary/aromatic N) is 4. The van der Waals surface area contributed by atoms with Crippen molar-refractivity contribution in [3.63, 3.8) is 0 Å². The maximum absolute atomic E-state index is 12.4. The third kappa shape index (κ3) is 4.88. The Morgan fingerprint density at radius 1 is 1.18 bits per heavy atom. The summed E-state index contributed by atoms with van der Waals surface area (Å²) in [5, 5.41) is 4.63. The topological polar surface area (TPSA) is 50.6 Å². The standard InChI is InChI=1S/C22H38N4O2/c1-16-20(17(2)24(6)23-16)19-10-8-12-25(19)14-11-18-9-7-13-26(15-18)21(27)28-22(3,4)5/h18-19H,7-15H2,1-6H3/t18-,19+/m1/s1. The van der Waals surface area contributed by atoms with Crippen molar-refractivity contribution in [2.75, 3.05) is 26.2 Å². The molecule has 158 valence electrons. The predicted octanol–water partition coefficient (Wildman–Crippen LogP) is 4.21. The largest absolute Gasteiger partial charge is 0.444 e. The number of aryl methyl sites for hydroxylation is 2. The van der Waals surface area contributed by atoms with Gasteiger partial charge >= 0.3 is 6.09 Å². The summed E-state index contributed by atoms with van der Waals surface area (Å²) in [4.78, 5) is 17.0. The van der Waals surface area contributed by atoms with Crippen LogP contribution in [0.15, 0.2) is 0 Å². The van der Waals surface area contributed by atoms with Crippen LogP contribution in [0.2, 0.25) is 0 Å². The van der Waals surface area contributed by atoms with Crippen LogP contribution in [0.3, 0.4) is 0 Å². The second-order valence-electron chi connectivity index (χ2n) is 9.63. The molecule has 28 heavy (non-hydrogen) atoms. The average molecular weight is 391 g/mol. The molecule has 0 saturated carbocycles. The van der Waals surface area contributed by atoms with Crippen molar-refractivity contribution in [3.8, 4) is 0 Å². The Bertz CT molecular complexity index is 691. The van der Waals surface area contributed by atoms with Gasteiger partial charge in [-0.1, -0.05) is 0 Å². The van der Waals surface area contributed by atoms with Gasteiger partial charge in [-0.15, -0.1) is 0 Å². The van der Waals surface area contributed by atoms with Crippen LogP contribution in [-0.4, -0.2) is 57.5 Å². The predicted molar refractivity (Wildman–Crippen MR) is 111 cm³/mol. The summed E-state index contributed by atoms with van der Waals surface area (Å²) in [5.74, 6) is 0.568. The van der Waals surface area contributed by atoms with Crippen molar-refractivity contribution in [1.29, 1.82) is 0 Å².